The van der Waals surface area contributed by atoms with Crippen LogP contribution in [0.1, 0.15) is 5.69 Å². The van der Waals surface area contributed by atoms with E-state index in [1.165, 1.54) is 28.7 Å². The van der Waals surface area contributed by atoms with Crippen LogP contribution in [0.3, 0.4) is 0 Å². The molecule has 9 nitrogen and oxygen atoms in total. The lowest BCUT2D eigenvalue weighted by Crippen LogP contribution is -2.33. The van der Waals surface area contributed by atoms with Gasteiger partial charge < -0.3 is 9.47 Å². The highest BCUT2D eigenvalue weighted by molar-refractivity contribution is 7.22. The highest BCUT2D eigenvalue weighted by atomic mass is 32.1. The minimum atomic E-state index is -0.182. The SMILES string of the molecule is COc1ccc(OC)c2sc(N(Cc3ccccn3)C(=O)Cn3cncn3)nc12. The molecule has 0 aliphatic rings. The van der Waals surface area contributed by atoms with E-state index in [1.807, 2.05) is 24.3 Å². The third kappa shape index (κ3) is 3.87. The summed E-state index contributed by atoms with van der Waals surface area (Å²) in [5.74, 6) is 1.11. The Morgan fingerprint density at radius 1 is 1.17 bits per heavy atom. The molecule has 4 aromatic rings. The number of fused-ring (bicyclic) bond motifs is 1. The van der Waals surface area contributed by atoms with Gasteiger partial charge in [0.05, 0.1) is 26.5 Å². The first kappa shape index (κ1) is 18.8. The molecule has 3 aromatic heterocycles. The molecule has 0 aliphatic heterocycles. The van der Waals surface area contributed by atoms with Crippen molar-refractivity contribution in [2.45, 2.75) is 13.1 Å². The maximum absolute atomic E-state index is 13.1. The predicted molar refractivity (Wildman–Crippen MR) is 108 cm³/mol. The number of hydrogen-bond acceptors (Lipinski definition) is 8. The largest absolute Gasteiger partial charge is 0.495 e. The normalized spacial score (nSPS) is 10.8. The van der Waals surface area contributed by atoms with Crippen LogP contribution in [0.25, 0.3) is 10.2 Å². The van der Waals surface area contributed by atoms with Crippen molar-refractivity contribution in [2.75, 3.05) is 19.1 Å². The summed E-state index contributed by atoms with van der Waals surface area (Å²) in [5.41, 5.74) is 1.39. The van der Waals surface area contributed by atoms with Gasteiger partial charge in [-0.1, -0.05) is 17.4 Å². The van der Waals surface area contributed by atoms with E-state index in [4.69, 9.17) is 9.47 Å². The first-order valence-corrected chi connectivity index (χ1v) is 9.55. The quantitative estimate of drug-likeness (QED) is 0.462. The molecule has 4 rings (SSSR count). The number of carbonyl (C=O) groups is 1. The number of pyridine rings is 1. The highest BCUT2D eigenvalue weighted by Crippen LogP contribution is 2.40. The van der Waals surface area contributed by atoms with Gasteiger partial charge in [-0.2, -0.15) is 5.10 Å². The number of rotatable bonds is 7. The molecule has 0 spiro atoms. The van der Waals surface area contributed by atoms with Crippen LogP contribution >= 0.6 is 11.3 Å². The number of ether oxygens (including phenoxy) is 2. The Morgan fingerprint density at radius 3 is 2.69 bits per heavy atom. The summed E-state index contributed by atoms with van der Waals surface area (Å²) in [4.78, 5) is 27.6. The van der Waals surface area contributed by atoms with Crippen molar-refractivity contribution in [2.24, 2.45) is 0 Å². The van der Waals surface area contributed by atoms with Crippen LogP contribution in [-0.4, -0.2) is 44.9 Å². The summed E-state index contributed by atoms with van der Waals surface area (Å²) >= 11 is 1.36. The molecule has 0 N–H and O–H groups in total. The van der Waals surface area contributed by atoms with E-state index in [0.717, 1.165) is 10.4 Å². The third-order valence-corrected chi connectivity index (χ3v) is 5.33. The average Bonchev–Trinajstić information content (AvgIpc) is 3.42. The van der Waals surface area contributed by atoms with E-state index in [9.17, 15) is 4.79 Å². The van der Waals surface area contributed by atoms with E-state index in [2.05, 4.69) is 20.1 Å². The van der Waals surface area contributed by atoms with Crippen LogP contribution in [-0.2, 0) is 17.9 Å². The van der Waals surface area contributed by atoms with Gasteiger partial charge in [-0.25, -0.2) is 14.6 Å². The summed E-state index contributed by atoms with van der Waals surface area (Å²) in [6.07, 6.45) is 4.59. The van der Waals surface area contributed by atoms with Gasteiger partial charge in [0.2, 0.25) is 0 Å². The van der Waals surface area contributed by atoms with Gasteiger partial charge in [-0.3, -0.25) is 14.7 Å². The fourth-order valence-corrected chi connectivity index (χ4v) is 3.94. The molecule has 29 heavy (non-hydrogen) atoms. The number of methoxy groups -OCH3 is 2. The van der Waals surface area contributed by atoms with Crippen LogP contribution in [0.15, 0.2) is 49.2 Å². The number of anilines is 1. The molecule has 3 heterocycles. The lowest BCUT2D eigenvalue weighted by molar-refractivity contribution is -0.119. The number of aromatic nitrogens is 5. The molecular weight excluding hydrogens is 392 g/mol. The lowest BCUT2D eigenvalue weighted by Gasteiger charge is -2.19. The molecule has 0 radical (unpaired) electrons. The lowest BCUT2D eigenvalue weighted by atomic mass is 10.3. The summed E-state index contributed by atoms with van der Waals surface area (Å²) in [5, 5.41) is 4.55. The monoisotopic (exact) mass is 410 g/mol. The molecule has 0 fully saturated rings. The smallest absolute Gasteiger partial charge is 0.250 e. The van der Waals surface area contributed by atoms with Crippen molar-refractivity contribution in [1.29, 1.82) is 0 Å². The Kier molecular flexibility index (Phi) is 5.34. The molecule has 0 saturated heterocycles. The van der Waals surface area contributed by atoms with Gasteiger partial charge in [0.15, 0.2) is 5.13 Å². The second-order valence-corrected chi connectivity index (χ2v) is 7.02. The molecule has 1 amide bonds. The standard InChI is InChI=1S/C19H18N6O3S/c1-27-14-6-7-15(28-2)18-17(14)23-19(29-18)25(9-13-5-3-4-8-21-13)16(26)10-24-12-20-11-22-24/h3-8,11-12H,9-10H2,1-2H3. The van der Waals surface area contributed by atoms with Crippen molar-refractivity contribution in [3.05, 3.63) is 54.9 Å². The first-order valence-electron chi connectivity index (χ1n) is 8.74. The van der Waals surface area contributed by atoms with Crippen LogP contribution in [0.5, 0.6) is 11.5 Å². The van der Waals surface area contributed by atoms with Crippen molar-refractivity contribution < 1.29 is 14.3 Å². The fourth-order valence-electron chi connectivity index (χ4n) is 2.84. The summed E-state index contributed by atoms with van der Waals surface area (Å²) < 4.78 is 13.2. The number of nitrogens with zero attached hydrogens (tertiary/aromatic N) is 6. The Morgan fingerprint density at radius 2 is 2.00 bits per heavy atom. The van der Waals surface area contributed by atoms with Crippen LogP contribution in [0.4, 0.5) is 5.13 Å². The molecule has 0 saturated carbocycles. The molecule has 148 valence electrons. The van der Waals surface area contributed by atoms with Crippen molar-refractivity contribution in [3.8, 4) is 11.5 Å². The minimum absolute atomic E-state index is 0.0387. The van der Waals surface area contributed by atoms with Crippen LogP contribution < -0.4 is 14.4 Å². The van der Waals surface area contributed by atoms with E-state index in [1.54, 1.807) is 31.4 Å². The summed E-state index contributed by atoms with van der Waals surface area (Å²) in [6.45, 7) is 0.315. The van der Waals surface area contributed by atoms with Crippen LogP contribution in [0, 0.1) is 0 Å². The number of hydrogen-bond donors (Lipinski definition) is 0. The zero-order chi connectivity index (χ0) is 20.2. The molecule has 0 atom stereocenters. The van der Waals surface area contributed by atoms with E-state index < -0.39 is 0 Å². The Labute approximate surface area is 170 Å². The Balaban J connectivity index is 1.76. The fraction of sp³-hybridized carbons (Fsp3) is 0.211. The molecular formula is C19H18N6O3S. The number of amides is 1. The van der Waals surface area contributed by atoms with Crippen molar-refractivity contribution >= 4 is 32.6 Å². The van der Waals surface area contributed by atoms with Gasteiger partial charge in [0.25, 0.3) is 5.91 Å². The Bertz CT molecular complexity index is 1070. The average molecular weight is 410 g/mol. The molecule has 0 bridgehead atoms. The second-order valence-electron chi connectivity index (χ2n) is 6.04. The second kappa shape index (κ2) is 8.23. The highest BCUT2D eigenvalue weighted by Gasteiger charge is 2.23. The van der Waals surface area contributed by atoms with E-state index in [-0.39, 0.29) is 19.0 Å². The van der Waals surface area contributed by atoms with E-state index >= 15 is 0 Å². The third-order valence-electron chi connectivity index (χ3n) is 4.24. The zero-order valence-electron chi connectivity index (χ0n) is 15.8. The van der Waals surface area contributed by atoms with Crippen molar-refractivity contribution in [3.63, 3.8) is 0 Å². The summed E-state index contributed by atoms with van der Waals surface area (Å²) in [7, 11) is 3.18. The Hall–Kier alpha value is -3.53. The maximum Gasteiger partial charge on any atom is 0.250 e. The number of carbonyl (C=O) groups excluding carboxylic acids is 1. The number of benzene rings is 1. The minimum Gasteiger partial charge on any atom is -0.495 e. The maximum atomic E-state index is 13.1. The number of thiazole rings is 1. The molecule has 1 aromatic carbocycles. The zero-order valence-corrected chi connectivity index (χ0v) is 16.7. The molecule has 10 heteroatoms. The van der Waals surface area contributed by atoms with Gasteiger partial charge in [0.1, 0.15) is 40.9 Å². The van der Waals surface area contributed by atoms with Gasteiger partial charge in [0, 0.05) is 6.20 Å². The van der Waals surface area contributed by atoms with Gasteiger partial charge >= 0.3 is 0 Å². The first-order chi connectivity index (χ1) is 14.2. The van der Waals surface area contributed by atoms with Gasteiger partial charge in [-0.15, -0.1) is 0 Å². The van der Waals surface area contributed by atoms with Crippen molar-refractivity contribution in [1.82, 2.24) is 24.7 Å². The molecule has 0 aliphatic carbocycles. The topological polar surface area (TPSA) is 95.3 Å². The van der Waals surface area contributed by atoms with Gasteiger partial charge in [-0.05, 0) is 24.3 Å². The molecule has 0 unspecified atom stereocenters. The predicted octanol–water partition coefficient (Wildman–Crippen LogP) is 2.53. The van der Waals surface area contributed by atoms with E-state index in [0.29, 0.717) is 22.1 Å². The summed E-state index contributed by atoms with van der Waals surface area (Å²) in [6, 6.07) is 9.20. The van der Waals surface area contributed by atoms with Crippen LogP contribution in [0.2, 0.25) is 0 Å².